The standard InChI is InChI=1S/C15H21BrFNO/c1-18(2)15(8-4-3-5-9-15)14(19)12-10-11(16)6-7-13(12)17/h6-7,10,14,19H,3-5,8-9H2,1-2H3. The average molecular weight is 330 g/mol. The fourth-order valence-corrected chi connectivity index (χ4v) is 3.52. The molecule has 4 heteroatoms. The van der Waals surface area contributed by atoms with Crippen LogP contribution in [0.3, 0.4) is 0 Å². The number of benzene rings is 1. The normalized spacial score (nSPS) is 20.5. The Morgan fingerprint density at radius 3 is 2.47 bits per heavy atom. The number of halogens is 2. The Kier molecular flexibility index (Phi) is 4.64. The Labute approximate surface area is 122 Å². The summed E-state index contributed by atoms with van der Waals surface area (Å²) >= 11 is 3.35. The third-order valence-electron chi connectivity index (χ3n) is 4.37. The number of nitrogens with zero attached hydrogens (tertiary/aromatic N) is 1. The molecule has 106 valence electrons. The van der Waals surface area contributed by atoms with Crippen LogP contribution in [0.2, 0.25) is 0 Å². The van der Waals surface area contributed by atoms with Crippen LogP contribution in [-0.4, -0.2) is 29.6 Å². The quantitative estimate of drug-likeness (QED) is 0.909. The van der Waals surface area contributed by atoms with Gasteiger partial charge in [0.1, 0.15) is 11.9 Å². The molecule has 1 fully saturated rings. The molecule has 1 unspecified atom stereocenters. The maximum absolute atomic E-state index is 14.0. The molecule has 0 bridgehead atoms. The zero-order valence-electron chi connectivity index (χ0n) is 11.5. The van der Waals surface area contributed by atoms with Gasteiger partial charge in [-0.15, -0.1) is 0 Å². The Bertz CT molecular complexity index is 444. The minimum absolute atomic E-state index is 0.331. The summed E-state index contributed by atoms with van der Waals surface area (Å²) in [6.07, 6.45) is 4.40. The molecule has 1 aromatic carbocycles. The van der Waals surface area contributed by atoms with E-state index in [4.69, 9.17) is 0 Å². The molecule has 1 aromatic rings. The highest BCUT2D eigenvalue weighted by molar-refractivity contribution is 9.10. The van der Waals surface area contributed by atoms with E-state index in [-0.39, 0.29) is 11.4 Å². The van der Waals surface area contributed by atoms with Crippen molar-refractivity contribution >= 4 is 15.9 Å². The van der Waals surface area contributed by atoms with Crippen molar-refractivity contribution in [3.63, 3.8) is 0 Å². The van der Waals surface area contributed by atoms with Gasteiger partial charge in [0.15, 0.2) is 0 Å². The average Bonchev–Trinajstić information content (AvgIpc) is 2.41. The van der Waals surface area contributed by atoms with Crippen molar-refractivity contribution in [2.24, 2.45) is 0 Å². The lowest BCUT2D eigenvalue weighted by atomic mass is 9.74. The SMILES string of the molecule is CN(C)C1(C(O)c2cc(Br)ccc2F)CCCCC1. The second-order valence-corrected chi connectivity index (χ2v) is 6.54. The first-order valence-electron chi connectivity index (χ1n) is 6.78. The molecule has 1 atom stereocenters. The van der Waals surface area contributed by atoms with E-state index in [0.29, 0.717) is 5.56 Å². The summed E-state index contributed by atoms with van der Waals surface area (Å²) in [6, 6.07) is 4.77. The summed E-state index contributed by atoms with van der Waals surface area (Å²) in [4.78, 5) is 2.07. The van der Waals surface area contributed by atoms with Gasteiger partial charge in [-0.25, -0.2) is 4.39 Å². The molecule has 2 nitrogen and oxygen atoms in total. The van der Waals surface area contributed by atoms with E-state index in [2.05, 4.69) is 20.8 Å². The molecule has 2 rings (SSSR count). The van der Waals surface area contributed by atoms with Gasteiger partial charge >= 0.3 is 0 Å². The molecule has 1 saturated carbocycles. The first-order chi connectivity index (χ1) is 8.97. The minimum atomic E-state index is -0.791. The second kappa shape index (κ2) is 5.90. The second-order valence-electron chi connectivity index (χ2n) is 5.63. The zero-order valence-corrected chi connectivity index (χ0v) is 13.1. The molecule has 1 aliphatic carbocycles. The highest BCUT2D eigenvalue weighted by Crippen LogP contribution is 2.42. The maximum Gasteiger partial charge on any atom is 0.129 e. The summed E-state index contributed by atoms with van der Waals surface area (Å²) in [7, 11) is 3.95. The Morgan fingerprint density at radius 1 is 1.26 bits per heavy atom. The third-order valence-corrected chi connectivity index (χ3v) is 4.86. The van der Waals surface area contributed by atoms with E-state index in [1.807, 2.05) is 14.1 Å². The summed E-state index contributed by atoms with van der Waals surface area (Å²) in [5, 5.41) is 10.8. The molecule has 0 spiro atoms. The number of rotatable bonds is 3. The Balaban J connectivity index is 2.39. The molecule has 0 amide bonds. The van der Waals surface area contributed by atoms with Gasteiger partial charge in [0, 0.05) is 10.0 Å². The lowest BCUT2D eigenvalue weighted by molar-refractivity contribution is -0.0352. The van der Waals surface area contributed by atoms with Crippen molar-refractivity contribution in [1.82, 2.24) is 4.90 Å². The highest BCUT2D eigenvalue weighted by Gasteiger charge is 2.42. The molecule has 0 aromatic heterocycles. The van der Waals surface area contributed by atoms with Crippen molar-refractivity contribution in [3.8, 4) is 0 Å². The Hall–Kier alpha value is -0.450. The van der Waals surface area contributed by atoms with E-state index in [9.17, 15) is 9.50 Å². The summed E-state index contributed by atoms with van der Waals surface area (Å²) in [5.41, 5.74) is 0.0462. The van der Waals surface area contributed by atoms with Crippen molar-refractivity contribution in [3.05, 3.63) is 34.1 Å². The van der Waals surface area contributed by atoms with Crippen LogP contribution in [0.25, 0.3) is 0 Å². The molecular formula is C15H21BrFNO. The van der Waals surface area contributed by atoms with Gasteiger partial charge in [-0.3, -0.25) is 0 Å². The molecule has 19 heavy (non-hydrogen) atoms. The third kappa shape index (κ3) is 2.86. The van der Waals surface area contributed by atoms with Crippen LogP contribution in [0.5, 0.6) is 0 Å². The van der Waals surface area contributed by atoms with Crippen molar-refractivity contribution in [2.75, 3.05) is 14.1 Å². The van der Waals surface area contributed by atoms with E-state index in [1.54, 1.807) is 12.1 Å². The van der Waals surface area contributed by atoms with Crippen molar-refractivity contribution < 1.29 is 9.50 Å². The van der Waals surface area contributed by atoms with Gasteiger partial charge in [0.2, 0.25) is 0 Å². The Morgan fingerprint density at radius 2 is 1.89 bits per heavy atom. The van der Waals surface area contributed by atoms with Crippen molar-refractivity contribution in [1.29, 1.82) is 0 Å². The van der Waals surface area contributed by atoms with E-state index in [0.717, 1.165) is 30.2 Å². The number of likely N-dealkylation sites (N-methyl/N-ethyl adjacent to an activating group) is 1. The van der Waals surface area contributed by atoms with Gasteiger partial charge in [0.25, 0.3) is 0 Å². The zero-order chi connectivity index (χ0) is 14.0. The minimum Gasteiger partial charge on any atom is -0.386 e. The largest absolute Gasteiger partial charge is 0.386 e. The van der Waals surface area contributed by atoms with E-state index < -0.39 is 6.10 Å². The van der Waals surface area contributed by atoms with E-state index >= 15 is 0 Å². The molecule has 0 radical (unpaired) electrons. The molecular weight excluding hydrogens is 309 g/mol. The number of aliphatic hydroxyl groups excluding tert-OH is 1. The van der Waals surface area contributed by atoms with Crippen LogP contribution in [-0.2, 0) is 0 Å². The topological polar surface area (TPSA) is 23.5 Å². The maximum atomic E-state index is 14.0. The highest BCUT2D eigenvalue weighted by atomic mass is 79.9. The summed E-state index contributed by atoms with van der Waals surface area (Å²) in [6.45, 7) is 0. The molecule has 0 saturated heterocycles. The molecule has 0 heterocycles. The fourth-order valence-electron chi connectivity index (χ4n) is 3.14. The fraction of sp³-hybridized carbons (Fsp3) is 0.600. The smallest absolute Gasteiger partial charge is 0.129 e. The molecule has 1 aliphatic rings. The number of hydrogen-bond donors (Lipinski definition) is 1. The predicted octanol–water partition coefficient (Wildman–Crippen LogP) is 3.89. The van der Waals surface area contributed by atoms with Crippen LogP contribution in [0.15, 0.2) is 22.7 Å². The lowest BCUT2D eigenvalue weighted by Crippen LogP contribution is -2.50. The summed E-state index contributed by atoms with van der Waals surface area (Å²) < 4.78 is 14.8. The van der Waals surface area contributed by atoms with Crippen LogP contribution in [0.4, 0.5) is 4.39 Å². The first kappa shape index (κ1) is 14.9. The van der Waals surface area contributed by atoms with Gasteiger partial charge in [-0.1, -0.05) is 35.2 Å². The molecule has 0 aliphatic heterocycles. The van der Waals surface area contributed by atoms with Crippen LogP contribution >= 0.6 is 15.9 Å². The van der Waals surface area contributed by atoms with Gasteiger partial charge in [-0.05, 0) is 45.1 Å². The first-order valence-corrected chi connectivity index (χ1v) is 7.57. The van der Waals surface area contributed by atoms with Crippen LogP contribution < -0.4 is 0 Å². The molecule has 1 N–H and O–H groups in total. The number of aliphatic hydroxyl groups is 1. The monoisotopic (exact) mass is 329 g/mol. The lowest BCUT2D eigenvalue weighted by Gasteiger charge is -2.46. The van der Waals surface area contributed by atoms with Gasteiger partial charge < -0.3 is 10.0 Å². The van der Waals surface area contributed by atoms with Gasteiger partial charge in [0.05, 0.1) is 5.54 Å². The van der Waals surface area contributed by atoms with Gasteiger partial charge in [-0.2, -0.15) is 0 Å². The number of hydrogen-bond acceptors (Lipinski definition) is 2. The van der Waals surface area contributed by atoms with Crippen molar-refractivity contribution in [2.45, 2.75) is 43.7 Å². The van der Waals surface area contributed by atoms with E-state index in [1.165, 1.54) is 12.5 Å². The predicted molar refractivity (Wildman–Crippen MR) is 78.6 cm³/mol. The van der Waals surface area contributed by atoms with Crippen LogP contribution in [0.1, 0.15) is 43.8 Å². The van der Waals surface area contributed by atoms with Crippen LogP contribution in [0, 0.1) is 5.82 Å². The summed E-state index contributed by atoms with van der Waals surface area (Å²) in [5.74, 6) is -0.331.